The van der Waals surface area contributed by atoms with E-state index < -0.39 is 0 Å². The normalized spacial score (nSPS) is 18.0. The lowest BCUT2D eigenvalue weighted by Crippen LogP contribution is -2.42. The van der Waals surface area contributed by atoms with Crippen molar-refractivity contribution in [2.45, 2.75) is 32.7 Å². The molecule has 28 heavy (non-hydrogen) atoms. The van der Waals surface area contributed by atoms with Crippen molar-refractivity contribution in [1.29, 1.82) is 0 Å². The summed E-state index contributed by atoms with van der Waals surface area (Å²) >= 11 is 0. The van der Waals surface area contributed by atoms with Crippen molar-refractivity contribution in [2.24, 2.45) is 0 Å². The highest BCUT2D eigenvalue weighted by Crippen LogP contribution is 2.35. The smallest absolute Gasteiger partial charge is 0.255 e. The first kappa shape index (κ1) is 17.2. The second-order valence-corrected chi connectivity index (χ2v) is 7.77. The summed E-state index contributed by atoms with van der Waals surface area (Å²) in [7, 11) is 0. The van der Waals surface area contributed by atoms with Crippen molar-refractivity contribution in [1.82, 2.24) is 14.8 Å². The van der Waals surface area contributed by atoms with Gasteiger partial charge in [0.05, 0.1) is 5.56 Å². The van der Waals surface area contributed by atoms with Crippen molar-refractivity contribution >= 4 is 23.3 Å². The van der Waals surface area contributed by atoms with Crippen LogP contribution in [0.1, 0.15) is 51.6 Å². The van der Waals surface area contributed by atoms with Crippen LogP contribution in [0.4, 0.5) is 11.5 Å². The van der Waals surface area contributed by atoms with Crippen LogP contribution in [-0.4, -0.2) is 52.8 Å². The molecule has 3 aliphatic rings. The number of hydrogen-bond acceptors (Lipinski definition) is 4. The number of aromatic nitrogens is 1. The third-order valence-corrected chi connectivity index (χ3v) is 6.08. The lowest BCUT2D eigenvalue weighted by atomic mass is 10.0. The molecule has 6 heteroatoms. The Morgan fingerprint density at radius 2 is 1.96 bits per heavy atom. The van der Waals surface area contributed by atoms with E-state index in [1.165, 1.54) is 0 Å². The molecule has 2 amide bonds. The van der Waals surface area contributed by atoms with Gasteiger partial charge < -0.3 is 14.7 Å². The van der Waals surface area contributed by atoms with Gasteiger partial charge in [0.1, 0.15) is 5.82 Å². The summed E-state index contributed by atoms with van der Waals surface area (Å²) in [6.45, 7) is 6.01. The Morgan fingerprint density at radius 3 is 2.71 bits per heavy atom. The highest BCUT2D eigenvalue weighted by atomic mass is 16.2. The number of carbonyl (C=O) groups is 2. The molecule has 0 radical (unpaired) electrons. The molecule has 4 heterocycles. The molecular formula is C22H24N4O2. The van der Waals surface area contributed by atoms with Gasteiger partial charge in [-0.3, -0.25) is 9.59 Å². The van der Waals surface area contributed by atoms with E-state index in [4.69, 9.17) is 0 Å². The number of likely N-dealkylation sites (tertiary alicyclic amines) is 1. The van der Waals surface area contributed by atoms with Crippen LogP contribution < -0.4 is 4.90 Å². The number of nitrogens with zero attached hydrogens (tertiary/aromatic N) is 4. The Labute approximate surface area is 164 Å². The quantitative estimate of drug-likeness (QED) is 0.826. The van der Waals surface area contributed by atoms with E-state index in [2.05, 4.69) is 16.0 Å². The van der Waals surface area contributed by atoms with Crippen molar-refractivity contribution in [2.75, 3.05) is 31.1 Å². The summed E-state index contributed by atoms with van der Waals surface area (Å²) in [5.74, 6) is 1.15. The molecular weight excluding hydrogens is 352 g/mol. The number of aryl methyl sites for hydroxylation is 1. The first-order valence-corrected chi connectivity index (χ1v) is 10.1. The van der Waals surface area contributed by atoms with Gasteiger partial charge in [0, 0.05) is 50.2 Å². The topological polar surface area (TPSA) is 56.8 Å². The molecule has 0 N–H and O–H groups in total. The zero-order valence-electron chi connectivity index (χ0n) is 16.1. The monoisotopic (exact) mass is 376 g/mol. The van der Waals surface area contributed by atoms with Crippen LogP contribution in [-0.2, 0) is 13.0 Å². The van der Waals surface area contributed by atoms with Gasteiger partial charge in [-0.25, -0.2) is 4.98 Å². The number of fused-ring (bicyclic) bond motifs is 2. The van der Waals surface area contributed by atoms with E-state index in [-0.39, 0.29) is 11.8 Å². The minimum absolute atomic E-state index is 0.0920. The van der Waals surface area contributed by atoms with Crippen LogP contribution in [0.15, 0.2) is 30.5 Å². The van der Waals surface area contributed by atoms with E-state index in [0.29, 0.717) is 12.1 Å². The molecule has 6 nitrogen and oxygen atoms in total. The van der Waals surface area contributed by atoms with Gasteiger partial charge in [-0.1, -0.05) is 0 Å². The average molecular weight is 376 g/mol. The molecule has 5 rings (SSSR count). The molecule has 0 atom stereocenters. The number of pyridine rings is 1. The van der Waals surface area contributed by atoms with Crippen molar-refractivity contribution in [3.8, 4) is 0 Å². The number of hydrogen-bond donors (Lipinski definition) is 0. The van der Waals surface area contributed by atoms with E-state index >= 15 is 0 Å². The van der Waals surface area contributed by atoms with Crippen molar-refractivity contribution in [3.63, 3.8) is 0 Å². The third-order valence-electron chi connectivity index (χ3n) is 6.08. The average Bonchev–Trinajstić information content (AvgIpc) is 3.01. The molecule has 144 valence electrons. The summed E-state index contributed by atoms with van der Waals surface area (Å²) in [4.78, 5) is 35.5. The molecule has 1 aromatic carbocycles. The molecule has 0 spiro atoms. The van der Waals surface area contributed by atoms with E-state index in [0.717, 1.165) is 73.6 Å². The van der Waals surface area contributed by atoms with Crippen LogP contribution in [0.25, 0.3) is 0 Å². The maximum Gasteiger partial charge on any atom is 0.255 e. The van der Waals surface area contributed by atoms with Gasteiger partial charge in [-0.2, -0.15) is 0 Å². The Balaban J connectivity index is 1.46. The summed E-state index contributed by atoms with van der Waals surface area (Å²) in [6.07, 6.45) is 4.77. The van der Waals surface area contributed by atoms with Gasteiger partial charge in [-0.05, 0) is 61.6 Å². The molecule has 1 aromatic heterocycles. The Hall–Kier alpha value is -2.89. The minimum Gasteiger partial charge on any atom is -0.338 e. The van der Waals surface area contributed by atoms with E-state index in [1.54, 1.807) is 6.20 Å². The van der Waals surface area contributed by atoms with Gasteiger partial charge in [0.2, 0.25) is 0 Å². The van der Waals surface area contributed by atoms with Crippen molar-refractivity contribution in [3.05, 3.63) is 52.7 Å². The molecule has 0 saturated carbocycles. The maximum atomic E-state index is 12.5. The molecule has 1 fully saturated rings. The van der Waals surface area contributed by atoms with Crippen LogP contribution in [0.3, 0.4) is 0 Å². The molecule has 2 aromatic rings. The second kappa shape index (κ2) is 6.62. The molecule has 0 aliphatic carbocycles. The maximum absolute atomic E-state index is 12.5. The fourth-order valence-corrected chi connectivity index (χ4v) is 4.32. The van der Waals surface area contributed by atoms with Crippen LogP contribution in [0.2, 0.25) is 0 Å². The lowest BCUT2D eigenvalue weighted by Gasteiger charge is -2.33. The Morgan fingerprint density at radius 1 is 1.11 bits per heavy atom. The first-order chi connectivity index (χ1) is 13.7. The van der Waals surface area contributed by atoms with Gasteiger partial charge in [-0.15, -0.1) is 0 Å². The Kier molecular flexibility index (Phi) is 4.07. The zero-order chi connectivity index (χ0) is 19.3. The number of anilines is 2. The fraction of sp³-hybridized carbons (Fsp3) is 0.409. The number of carbonyl (C=O) groups excluding carboxylic acids is 2. The van der Waals surface area contributed by atoms with E-state index in [1.807, 2.05) is 34.9 Å². The standard InChI is InChI=1S/C22H24N4O2/c1-2-24-14-17-12-18(6-7-19(17)22(24)28)26-10-3-5-15-11-16(13-23-20(15)26)21(27)25-8-4-9-25/h6-7,11-13H,2-5,8-10,14H2,1H3. The fourth-order valence-electron chi connectivity index (χ4n) is 4.32. The van der Waals surface area contributed by atoms with Crippen LogP contribution >= 0.6 is 0 Å². The molecule has 3 aliphatic heterocycles. The number of benzene rings is 1. The predicted molar refractivity (Wildman–Crippen MR) is 107 cm³/mol. The zero-order valence-corrected chi connectivity index (χ0v) is 16.1. The van der Waals surface area contributed by atoms with Crippen molar-refractivity contribution < 1.29 is 9.59 Å². The van der Waals surface area contributed by atoms with Gasteiger partial charge in [0.15, 0.2) is 0 Å². The summed E-state index contributed by atoms with van der Waals surface area (Å²) in [5.41, 5.74) is 4.79. The summed E-state index contributed by atoms with van der Waals surface area (Å²) in [6, 6.07) is 8.11. The SMILES string of the molecule is CCN1Cc2cc(N3CCCc4cc(C(=O)N5CCC5)cnc43)ccc2C1=O. The lowest BCUT2D eigenvalue weighted by molar-refractivity contribution is 0.0651. The largest absolute Gasteiger partial charge is 0.338 e. The third kappa shape index (κ3) is 2.66. The molecule has 0 bridgehead atoms. The highest BCUT2D eigenvalue weighted by molar-refractivity contribution is 5.99. The minimum atomic E-state index is 0.0920. The Bertz CT molecular complexity index is 967. The molecule has 1 saturated heterocycles. The van der Waals surface area contributed by atoms with Crippen LogP contribution in [0.5, 0.6) is 0 Å². The predicted octanol–water partition coefficient (Wildman–Crippen LogP) is 2.99. The highest BCUT2D eigenvalue weighted by Gasteiger charge is 2.29. The second-order valence-electron chi connectivity index (χ2n) is 7.77. The molecule has 0 unspecified atom stereocenters. The van der Waals surface area contributed by atoms with E-state index in [9.17, 15) is 9.59 Å². The first-order valence-electron chi connectivity index (χ1n) is 10.1. The summed E-state index contributed by atoms with van der Waals surface area (Å²) < 4.78 is 0. The number of rotatable bonds is 3. The van der Waals surface area contributed by atoms with Gasteiger partial charge in [0.25, 0.3) is 11.8 Å². The summed E-state index contributed by atoms with van der Waals surface area (Å²) in [5, 5.41) is 0. The van der Waals surface area contributed by atoms with Gasteiger partial charge >= 0.3 is 0 Å². The van der Waals surface area contributed by atoms with Crippen LogP contribution in [0, 0.1) is 0 Å². The number of amides is 2.